The van der Waals surface area contributed by atoms with E-state index in [4.69, 9.17) is 16.1 Å². The topological polar surface area (TPSA) is 86.8 Å². The number of carboxylic acid groups (broad SMARTS) is 1. The standard InChI is InChI=1S/C5H10N2O3/c6-7-2-3(8)1-4(7)5(9)10/h3-4,8H,1-2,6H2,(H,9,10)/t3-,4+/m1/s1. The maximum Gasteiger partial charge on any atom is 0.322 e. The summed E-state index contributed by atoms with van der Waals surface area (Å²) in [5.74, 6) is 4.29. The predicted molar refractivity (Wildman–Crippen MR) is 32.9 cm³/mol. The summed E-state index contributed by atoms with van der Waals surface area (Å²) in [6.07, 6.45) is -0.364. The van der Waals surface area contributed by atoms with Gasteiger partial charge in [0, 0.05) is 13.0 Å². The first kappa shape index (κ1) is 7.46. The SMILES string of the molecule is NN1C[C@H](O)C[C@H]1C(=O)O. The summed E-state index contributed by atoms with van der Waals surface area (Å²) < 4.78 is 0. The van der Waals surface area contributed by atoms with Gasteiger partial charge in [0.15, 0.2) is 0 Å². The Hall–Kier alpha value is -0.650. The molecule has 1 saturated heterocycles. The predicted octanol–water partition coefficient (Wildman–Crippen LogP) is -1.62. The molecule has 1 heterocycles. The van der Waals surface area contributed by atoms with Gasteiger partial charge in [-0.2, -0.15) is 0 Å². The maximum absolute atomic E-state index is 10.3. The van der Waals surface area contributed by atoms with Crippen molar-refractivity contribution in [2.24, 2.45) is 5.84 Å². The van der Waals surface area contributed by atoms with Crippen LogP contribution < -0.4 is 5.84 Å². The van der Waals surface area contributed by atoms with Gasteiger partial charge in [-0.15, -0.1) is 0 Å². The lowest BCUT2D eigenvalue weighted by atomic mass is 10.2. The minimum absolute atomic E-state index is 0.228. The van der Waals surface area contributed by atoms with Crippen LogP contribution in [0.25, 0.3) is 0 Å². The molecule has 1 rings (SSSR count). The molecule has 58 valence electrons. The average Bonchev–Trinajstić information content (AvgIpc) is 2.10. The van der Waals surface area contributed by atoms with Gasteiger partial charge in [0.25, 0.3) is 0 Å². The first-order valence-corrected chi connectivity index (χ1v) is 3.03. The third-order valence-corrected chi connectivity index (χ3v) is 1.60. The molecular formula is C5H10N2O3. The van der Waals surface area contributed by atoms with Crippen molar-refractivity contribution in [3.63, 3.8) is 0 Å². The van der Waals surface area contributed by atoms with Crippen molar-refractivity contribution in [2.75, 3.05) is 6.54 Å². The molecule has 5 nitrogen and oxygen atoms in total. The highest BCUT2D eigenvalue weighted by molar-refractivity contribution is 5.73. The van der Waals surface area contributed by atoms with Gasteiger partial charge in [-0.25, -0.2) is 5.01 Å². The van der Waals surface area contributed by atoms with E-state index in [0.29, 0.717) is 0 Å². The number of hydrogen-bond acceptors (Lipinski definition) is 4. The zero-order valence-electron chi connectivity index (χ0n) is 5.40. The highest BCUT2D eigenvalue weighted by Gasteiger charge is 2.33. The number of aliphatic carboxylic acids is 1. The fourth-order valence-corrected chi connectivity index (χ4v) is 1.08. The second-order valence-electron chi connectivity index (χ2n) is 2.44. The van der Waals surface area contributed by atoms with Crippen LogP contribution in [0.15, 0.2) is 0 Å². The van der Waals surface area contributed by atoms with Crippen LogP contribution in [-0.2, 0) is 4.79 Å². The molecule has 0 bridgehead atoms. The van der Waals surface area contributed by atoms with Crippen LogP contribution in [0, 0.1) is 0 Å². The van der Waals surface area contributed by atoms with Crippen molar-refractivity contribution in [3.05, 3.63) is 0 Å². The maximum atomic E-state index is 10.3. The van der Waals surface area contributed by atoms with Crippen LogP contribution in [0.4, 0.5) is 0 Å². The third-order valence-electron chi connectivity index (χ3n) is 1.60. The highest BCUT2D eigenvalue weighted by Crippen LogP contribution is 2.13. The van der Waals surface area contributed by atoms with Gasteiger partial charge in [0.1, 0.15) is 6.04 Å². The van der Waals surface area contributed by atoms with E-state index in [1.807, 2.05) is 0 Å². The zero-order chi connectivity index (χ0) is 7.72. The van der Waals surface area contributed by atoms with Gasteiger partial charge < -0.3 is 10.2 Å². The normalized spacial score (nSPS) is 34.6. The molecule has 0 amide bonds. The number of nitrogens with zero attached hydrogens (tertiary/aromatic N) is 1. The van der Waals surface area contributed by atoms with Gasteiger partial charge in [-0.05, 0) is 0 Å². The number of hydrogen-bond donors (Lipinski definition) is 3. The molecule has 0 aromatic rings. The molecule has 0 unspecified atom stereocenters. The summed E-state index contributed by atoms with van der Waals surface area (Å²) in [4.78, 5) is 10.3. The number of hydrazine groups is 1. The van der Waals surface area contributed by atoms with Gasteiger partial charge in [-0.3, -0.25) is 10.6 Å². The Labute approximate surface area is 58.0 Å². The summed E-state index contributed by atoms with van der Waals surface area (Å²) in [7, 11) is 0. The summed E-state index contributed by atoms with van der Waals surface area (Å²) in [6.45, 7) is 0.247. The molecule has 4 N–H and O–H groups in total. The van der Waals surface area contributed by atoms with Crippen molar-refractivity contribution >= 4 is 5.97 Å². The molecule has 1 fully saturated rings. The van der Waals surface area contributed by atoms with Crippen LogP contribution in [0.5, 0.6) is 0 Å². The fourth-order valence-electron chi connectivity index (χ4n) is 1.08. The first-order valence-electron chi connectivity index (χ1n) is 3.03. The van der Waals surface area contributed by atoms with Crippen molar-refractivity contribution in [1.29, 1.82) is 0 Å². The smallest absolute Gasteiger partial charge is 0.322 e. The molecule has 0 aliphatic carbocycles. The molecule has 0 radical (unpaired) electrons. The highest BCUT2D eigenvalue weighted by atomic mass is 16.4. The first-order chi connectivity index (χ1) is 4.61. The van der Waals surface area contributed by atoms with Gasteiger partial charge in [0.05, 0.1) is 6.10 Å². The van der Waals surface area contributed by atoms with Gasteiger partial charge >= 0.3 is 5.97 Å². The Morgan fingerprint density at radius 3 is 2.50 bits per heavy atom. The molecule has 0 saturated carbocycles. The number of nitrogens with two attached hydrogens (primary N) is 1. The molecule has 0 aromatic carbocycles. The van der Waals surface area contributed by atoms with E-state index in [9.17, 15) is 4.79 Å². The number of aliphatic hydroxyl groups is 1. The average molecular weight is 146 g/mol. The van der Waals surface area contributed by atoms with Crippen molar-refractivity contribution in [1.82, 2.24) is 5.01 Å². The van der Waals surface area contributed by atoms with E-state index in [-0.39, 0.29) is 13.0 Å². The van der Waals surface area contributed by atoms with Crippen molar-refractivity contribution < 1.29 is 15.0 Å². The monoisotopic (exact) mass is 146 g/mol. The second kappa shape index (κ2) is 2.53. The van der Waals surface area contributed by atoms with E-state index in [2.05, 4.69) is 0 Å². The summed E-state index contributed by atoms with van der Waals surface area (Å²) in [6, 6.07) is -0.713. The number of carbonyl (C=O) groups is 1. The fraction of sp³-hybridized carbons (Fsp3) is 0.800. The van der Waals surface area contributed by atoms with Crippen LogP contribution in [0.1, 0.15) is 6.42 Å². The second-order valence-corrected chi connectivity index (χ2v) is 2.44. The van der Waals surface area contributed by atoms with E-state index < -0.39 is 18.1 Å². The Morgan fingerprint density at radius 1 is 1.70 bits per heavy atom. The lowest BCUT2D eigenvalue weighted by molar-refractivity contribution is -0.142. The zero-order valence-corrected chi connectivity index (χ0v) is 5.40. The molecule has 0 spiro atoms. The molecule has 1 aliphatic rings. The lowest BCUT2D eigenvalue weighted by Crippen LogP contribution is -2.41. The van der Waals surface area contributed by atoms with E-state index in [1.54, 1.807) is 0 Å². The lowest BCUT2D eigenvalue weighted by Gasteiger charge is -2.12. The summed E-state index contributed by atoms with van der Waals surface area (Å²) in [5, 5.41) is 18.5. The Kier molecular flexibility index (Phi) is 1.89. The third kappa shape index (κ3) is 1.26. The Balaban J connectivity index is 2.54. The molecule has 0 aromatic heterocycles. The molecule has 10 heavy (non-hydrogen) atoms. The van der Waals surface area contributed by atoms with E-state index >= 15 is 0 Å². The van der Waals surface area contributed by atoms with Crippen LogP contribution >= 0.6 is 0 Å². The van der Waals surface area contributed by atoms with Crippen molar-refractivity contribution in [3.8, 4) is 0 Å². The van der Waals surface area contributed by atoms with E-state index in [1.165, 1.54) is 0 Å². The van der Waals surface area contributed by atoms with Crippen LogP contribution in [0.3, 0.4) is 0 Å². The quantitative estimate of drug-likeness (QED) is 0.387. The number of β-amino-alcohol motifs (C(OH)–C–C–N with tert-alkyl or cyclic N) is 1. The molecular weight excluding hydrogens is 136 g/mol. The van der Waals surface area contributed by atoms with Gasteiger partial charge in [0.2, 0.25) is 0 Å². The number of rotatable bonds is 1. The molecule has 1 aliphatic heterocycles. The Morgan fingerprint density at radius 2 is 2.30 bits per heavy atom. The molecule has 2 atom stereocenters. The minimum atomic E-state index is -0.973. The van der Waals surface area contributed by atoms with Crippen LogP contribution in [-0.4, -0.2) is 39.9 Å². The summed E-state index contributed by atoms with van der Waals surface area (Å²) >= 11 is 0. The Bertz CT molecular complexity index is 150. The van der Waals surface area contributed by atoms with E-state index in [0.717, 1.165) is 5.01 Å². The number of carboxylic acids is 1. The number of aliphatic hydroxyl groups excluding tert-OH is 1. The van der Waals surface area contributed by atoms with Crippen molar-refractivity contribution in [2.45, 2.75) is 18.6 Å². The summed E-state index contributed by atoms with van der Waals surface area (Å²) in [5.41, 5.74) is 0. The van der Waals surface area contributed by atoms with Gasteiger partial charge in [-0.1, -0.05) is 0 Å². The van der Waals surface area contributed by atoms with Crippen LogP contribution in [0.2, 0.25) is 0 Å². The molecule has 5 heteroatoms. The largest absolute Gasteiger partial charge is 0.480 e. The minimum Gasteiger partial charge on any atom is -0.480 e.